The van der Waals surface area contributed by atoms with Crippen molar-refractivity contribution < 1.29 is 9.47 Å². The minimum absolute atomic E-state index is 0.0600. The summed E-state index contributed by atoms with van der Waals surface area (Å²) in [5.41, 5.74) is 1.29. The van der Waals surface area contributed by atoms with Gasteiger partial charge >= 0.3 is 0 Å². The number of ether oxygens (including phenoxy) is 2. The van der Waals surface area contributed by atoms with Gasteiger partial charge in [0, 0.05) is 25.8 Å². The van der Waals surface area contributed by atoms with Crippen LogP contribution in [-0.4, -0.2) is 64.7 Å². The molecule has 0 spiro atoms. The number of nitrogens with one attached hydrogen (secondary N) is 1. The Morgan fingerprint density at radius 1 is 1.42 bits per heavy atom. The van der Waals surface area contributed by atoms with Crippen molar-refractivity contribution in [2.24, 2.45) is 4.99 Å². The van der Waals surface area contributed by atoms with Crippen LogP contribution in [0.25, 0.3) is 0 Å². The second kappa shape index (κ2) is 8.77. The molecular formula is C19H31N5O2. The maximum atomic E-state index is 8.68. The molecule has 0 amide bonds. The number of rotatable bonds is 5. The quantitative estimate of drug-likeness (QED) is 0.646. The predicted molar refractivity (Wildman–Crippen MR) is 102 cm³/mol. The predicted octanol–water partition coefficient (Wildman–Crippen LogP) is 2.87. The molecule has 1 N–H and O–H groups in total. The summed E-state index contributed by atoms with van der Waals surface area (Å²) in [5.74, 6) is 1.05. The van der Waals surface area contributed by atoms with Crippen molar-refractivity contribution in [3.63, 3.8) is 0 Å². The lowest BCUT2D eigenvalue weighted by molar-refractivity contribution is -0.0398. The van der Waals surface area contributed by atoms with Crippen molar-refractivity contribution in [1.29, 1.82) is 5.41 Å². The number of morpholine rings is 1. The molecule has 2 saturated heterocycles. The fourth-order valence-electron chi connectivity index (χ4n) is 3.65. The Balaban J connectivity index is 1.75. The first-order chi connectivity index (χ1) is 12.6. The Labute approximate surface area is 155 Å². The molecule has 0 bridgehead atoms. The highest BCUT2D eigenvalue weighted by molar-refractivity contribution is 6.02. The molecule has 3 rings (SSSR count). The van der Waals surface area contributed by atoms with E-state index in [4.69, 9.17) is 19.9 Å². The van der Waals surface area contributed by atoms with E-state index < -0.39 is 0 Å². The molecule has 0 radical (unpaired) electrons. The molecular weight excluding hydrogens is 330 g/mol. The fraction of sp³-hybridized carbons (Fsp3) is 0.737. The third-order valence-corrected chi connectivity index (χ3v) is 5.15. The van der Waals surface area contributed by atoms with Gasteiger partial charge in [0.25, 0.3) is 0 Å². The van der Waals surface area contributed by atoms with Crippen LogP contribution in [0, 0.1) is 5.41 Å². The van der Waals surface area contributed by atoms with Gasteiger partial charge in [-0.2, -0.15) is 5.10 Å². The van der Waals surface area contributed by atoms with E-state index in [9.17, 15) is 0 Å². The lowest BCUT2D eigenvalue weighted by Gasteiger charge is -2.36. The minimum atomic E-state index is -0.223. The van der Waals surface area contributed by atoms with E-state index in [0.29, 0.717) is 11.8 Å². The average molecular weight is 361 g/mol. The fourth-order valence-corrected chi connectivity index (χ4v) is 3.65. The van der Waals surface area contributed by atoms with Gasteiger partial charge in [-0.3, -0.25) is 4.99 Å². The summed E-state index contributed by atoms with van der Waals surface area (Å²) in [7, 11) is 0. The van der Waals surface area contributed by atoms with Crippen LogP contribution >= 0.6 is 0 Å². The summed E-state index contributed by atoms with van der Waals surface area (Å²) < 4.78 is 13.2. The topological polar surface area (TPSA) is 75.7 Å². The van der Waals surface area contributed by atoms with E-state index in [1.807, 2.05) is 17.7 Å². The smallest absolute Gasteiger partial charge is 0.150 e. The molecule has 0 aliphatic carbocycles. The number of hydrogen-bond donors (Lipinski definition) is 1. The highest BCUT2D eigenvalue weighted by Crippen LogP contribution is 2.24. The van der Waals surface area contributed by atoms with Crippen molar-refractivity contribution in [3.05, 3.63) is 18.0 Å². The van der Waals surface area contributed by atoms with Gasteiger partial charge in [0.2, 0.25) is 0 Å². The van der Waals surface area contributed by atoms with E-state index in [1.54, 1.807) is 6.20 Å². The molecule has 2 unspecified atom stereocenters. The second-order valence-corrected chi connectivity index (χ2v) is 7.09. The molecule has 7 nitrogen and oxygen atoms in total. The van der Waals surface area contributed by atoms with Crippen LogP contribution in [0.3, 0.4) is 0 Å². The highest BCUT2D eigenvalue weighted by Gasteiger charge is 2.25. The van der Waals surface area contributed by atoms with Gasteiger partial charge in [-0.15, -0.1) is 0 Å². The van der Waals surface area contributed by atoms with Gasteiger partial charge in [-0.1, -0.05) is 6.92 Å². The zero-order valence-corrected chi connectivity index (χ0v) is 16.1. The molecule has 0 aromatic carbocycles. The molecule has 26 heavy (non-hydrogen) atoms. The van der Waals surface area contributed by atoms with Crippen molar-refractivity contribution >= 4 is 11.5 Å². The van der Waals surface area contributed by atoms with E-state index in [1.165, 1.54) is 0 Å². The van der Waals surface area contributed by atoms with Crippen molar-refractivity contribution in [2.75, 3.05) is 26.4 Å². The molecule has 7 heteroatoms. The first-order valence-electron chi connectivity index (χ1n) is 9.76. The molecule has 3 atom stereocenters. The van der Waals surface area contributed by atoms with E-state index in [-0.39, 0.29) is 12.3 Å². The van der Waals surface area contributed by atoms with Crippen LogP contribution < -0.4 is 0 Å². The standard InChI is InChI=1S/C19H31N5O2/c1-4-17(23-10-12-25-13-14(23)2)22-15(3)19(20)16-8-9-21-24(16)18-7-5-6-11-26-18/h8-9,14-15,18,20H,4-7,10-13H2,1-3H3/t14-,15?,18?/m1/s1. The summed E-state index contributed by atoms with van der Waals surface area (Å²) >= 11 is 0. The van der Waals surface area contributed by atoms with E-state index in [2.05, 4.69) is 23.8 Å². The molecule has 0 saturated carbocycles. The Kier molecular flexibility index (Phi) is 6.43. The number of nitrogens with zero attached hydrogens (tertiary/aromatic N) is 4. The molecule has 2 aliphatic heterocycles. The molecule has 3 heterocycles. The van der Waals surface area contributed by atoms with Crippen molar-refractivity contribution in [1.82, 2.24) is 14.7 Å². The average Bonchev–Trinajstić information content (AvgIpc) is 3.16. The number of aromatic nitrogens is 2. The van der Waals surface area contributed by atoms with Gasteiger partial charge in [0.1, 0.15) is 0 Å². The van der Waals surface area contributed by atoms with Gasteiger partial charge in [0.05, 0.1) is 42.5 Å². The Morgan fingerprint density at radius 3 is 2.96 bits per heavy atom. The third-order valence-electron chi connectivity index (χ3n) is 5.15. The van der Waals surface area contributed by atoms with Crippen LogP contribution in [-0.2, 0) is 9.47 Å². The van der Waals surface area contributed by atoms with Crippen LogP contribution in [0.5, 0.6) is 0 Å². The lowest BCUT2D eigenvalue weighted by atomic mass is 10.1. The molecule has 2 aliphatic rings. The Bertz CT molecular complexity index is 636. The van der Waals surface area contributed by atoms with Crippen LogP contribution in [0.1, 0.15) is 58.4 Å². The number of amidine groups is 1. The summed E-state index contributed by atoms with van der Waals surface area (Å²) in [6.07, 6.45) is 5.74. The van der Waals surface area contributed by atoms with Crippen LogP contribution in [0.15, 0.2) is 17.3 Å². The number of aliphatic imine (C=N–C) groups is 1. The van der Waals surface area contributed by atoms with Gasteiger partial charge in [-0.05, 0) is 39.2 Å². The highest BCUT2D eigenvalue weighted by atomic mass is 16.5. The zero-order chi connectivity index (χ0) is 18.5. The van der Waals surface area contributed by atoms with Crippen LogP contribution in [0.2, 0.25) is 0 Å². The van der Waals surface area contributed by atoms with Crippen molar-refractivity contribution in [2.45, 2.75) is 64.8 Å². The molecule has 1 aromatic rings. The number of hydrogen-bond acceptors (Lipinski definition) is 5. The second-order valence-electron chi connectivity index (χ2n) is 7.09. The third kappa shape index (κ3) is 4.15. The molecule has 144 valence electrons. The van der Waals surface area contributed by atoms with Crippen molar-refractivity contribution in [3.8, 4) is 0 Å². The van der Waals surface area contributed by atoms with Gasteiger partial charge in [-0.25, -0.2) is 4.68 Å². The van der Waals surface area contributed by atoms with E-state index in [0.717, 1.165) is 63.6 Å². The Hall–Kier alpha value is -1.73. The summed E-state index contributed by atoms with van der Waals surface area (Å²) in [6, 6.07) is 2.00. The monoisotopic (exact) mass is 361 g/mol. The van der Waals surface area contributed by atoms with Gasteiger partial charge in [0.15, 0.2) is 6.23 Å². The molecule has 2 fully saturated rings. The lowest BCUT2D eigenvalue weighted by Crippen LogP contribution is -2.47. The minimum Gasteiger partial charge on any atom is -0.377 e. The van der Waals surface area contributed by atoms with Gasteiger partial charge < -0.3 is 19.8 Å². The largest absolute Gasteiger partial charge is 0.377 e. The zero-order valence-electron chi connectivity index (χ0n) is 16.1. The maximum absolute atomic E-state index is 8.68. The van der Waals surface area contributed by atoms with E-state index >= 15 is 0 Å². The molecule has 1 aromatic heterocycles. The summed E-state index contributed by atoms with van der Waals surface area (Å²) in [5, 5.41) is 13.1. The normalized spacial score (nSPS) is 26.0. The first-order valence-corrected chi connectivity index (χ1v) is 9.76. The summed E-state index contributed by atoms with van der Waals surface area (Å²) in [4.78, 5) is 7.21. The SMILES string of the molecule is CCC(=NC(C)C(=N)c1ccnn1C1CCCCO1)N1CCOC[C@H]1C. The first kappa shape index (κ1) is 19.0. The Morgan fingerprint density at radius 2 is 2.27 bits per heavy atom. The maximum Gasteiger partial charge on any atom is 0.150 e. The van der Waals surface area contributed by atoms with Crippen LogP contribution in [0.4, 0.5) is 0 Å². The summed E-state index contributed by atoms with van der Waals surface area (Å²) in [6.45, 7) is 9.37.